The van der Waals surface area contributed by atoms with Gasteiger partial charge >= 0.3 is 0 Å². The van der Waals surface area contributed by atoms with Crippen molar-refractivity contribution in [1.29, 1.82) is 0 Å². The lowest BCUT2D eigenvalue weighted by molar-refractivity contribution is -0.116. The number of allylic oxidation sites excluding steroid dienone is 1. The maximum absolute atomic E-state index is 11.1. The Morgan fingerprint density at radius 3 is 3.00 bits per heavy atom. The minimum atomic E-state index is 0.0136. The van der Waals surface area contributed by atoms with Crippen LogP contribution in [0.2, 0.25) is 0 Å². The van der Waals surface area contributed by atoms with Crippen LogP contribution in [0.25, 0.3) is 0 Å². The summed E-state index contributed by atoms with van der Waals surface area (Å²) in [6.45, 7) is 3.44. The Bertz CT molecular complexity index is 194. The molecular formula is C9H13NO. The van der Waals surface area contributed by atoms with Gasteiger partial charge in [-0.2, -0.15) is 0 Å². The van der Waals surface area contributed by atoms with Crippen LogP contribution in [0.5, 0.6) is 0 Å². The smallest absolute Gasteiger partial charge is 0.250 e. The van der Waals surface area contributed by atoms with E-state index in [0.29, 0.717) is 0 Å². The van der Waals surface area contributed by atoms with Gasteiger partial charge in [-0.15, -0.1) is 0 Å². The van der Waals surface area contributed by atoms with Crippen molar-refractivity contribution >= 4 is 5.91 Å². The highest BCUT2D eigenvalue weighted by atomic mass is 16.1. The molecule has 0 heterocycles. The van der Waals surface area contributed by atoms with Crippen molar-refractivity contribution < 1.29 is 4.79 Å². The van der Waals surface area contributed by atoms with E-state index < -0.39 is 0 Å². The van der Waals surface area contributed by atoms with Gasteiger partial charge < -0.3 is 5.32 Å². The van der Waals surface area contributed by atoms with Gasteiger partial charge in [-0.3, -0.25) is 4.79 Å². The first-order chi connectivity index (χ1) is 5.34. The molecule has 2 heteroatoms. The van der Waals surface area contributed by atoms with E-state index in [4.69, 9.17) is 0 Å². The second-order valence-corrected chi connectivity index (χ2v) is 2.65. The Kier molecular flexibility index (Phi) is 2.90. The lowest BCUT2D eigenvalue weighted by Crippen LogP contribution is -2.19. The molecule has 2 nitrogen and oxygen atoms in total. The summed E-state index contributed by atoms with van der Waals surface area (Å²) in [4.78, 5) is 11.1. The fraction of sp³-hybridized carbons (Fsp3) is 0.444. The number of hydrogen-bond donors (Lipinski definition) is 1. The van der Waals surface area contributed by atoms with Gasteiger partial charge in [-0.05, 0) is 31.9 Å². The highest BCUT2D eigenvalue weighted by Crippen LogP contribution is 2.16. The molecule has 1 aliphatic carbocycles. The van der Waals surface area contributed by atoms with Gasteiger partial charge in [0.1, 0.15) is 0 Å². The lowest BCUT2D eigenvalue weighted by Gasteiger charge is -2.10. The maximum atomic E-state index is 11.1. The molecule has 60 valence electrons. The molecule has 0 aromatic heterocycles. The molecule has 0 saturated heterocycles. The highest BCUT2D eigenvalue weighted by Gasteiger charge is 2.09. The first-order valence-electron chi connectivity index (χ1n) is 3.95. The van der Waals surface area contributed by atoms with Crippen LogP contribution in [0.15, 0.2) is 24.4 Å². The van der Waals surface area contributed by atoms with Crippen LogP contribution in [0.4, 0.5) is 0 Å². The SMILES string of the molecule is C=CNC(=O)C1=CCCCC1. The summed E-state index contributed by atoms with van der Waals surface area (Å²) in [6, 6.07) is 0. The second-order valence-electron chi connectivity index (χ2n) is 2.65. The Labute approximate surface area is 67.0 Å². The minimum Gasteiger partial charge on any atom is -0.329 e. The lowest BCUT2D eigenvalue weighted by atomic mass is 9.99. The van der Waals surface area contributed by atoms with E-state index in [1.807, 2.05) is 6.08 Å². The van der Waals surface area contributed by atoms with Gasteiger partial charge in [0.2, 0.25) is 0 Å². The van der Waals surface area contributed by atoms with Crippen LogP contribution in [0.1, 0.15) is 25.7 Å². The van der Waals surface area contributed by atoms with Crippen LogP contribution in [0, 0.1) is 0 Å². The van der Waals surface area contributed by atoms with Crippen molar-refractivity contribution in [2.24, 2.45) is 0 Å². The predicted octanol–water partition coefficient (Wildman–Crippen LogP) is 1.75. The van der Waals surface area contributed by atoms with Gasteiger partial charge in [0, 0.05) is 5.57 Å². The molecule has 0 aliphatic heterocycles. The number of carbonyl (C=O) groups excluding carboxylic acids is 1. The third kappa shape index (κ3) is 2.22. The molecule has 0 spiro atoms. The van der Waals surface area contributed by atoms with Crippen LogP contribution >= 0.6 is 0 Å². The van der Waals surface area contributed by atoms with Crippen LogP contribution in [0.3, 0.4) is 0 Å². The van der Waals surface area contributed by atoms with Gasteiger partial charge in [-0.1, -0.05) is 12.7 Å². The molecule has 0 aromatic rings. The summed E-state index contributed by atoms with van der Waals surface area (Å²) in [5.41, 5.74) is 0.913. The average Bonchev–Trinajstić information content (AvgIpc) is 2.07. The Morgan fingerprint density at radius 1 is 1.64 bits per heavy atom. The van der Waals surface area contributed by atoms with E-state index in [1.165, 1.54) is 12.6 Å². The molecule has 1 N–H and O–H groups in total. The summed E-state index contributed by atoms with van der Waals surface area (Å²) >= 11 is 0. The first-order valence-corrected chi connectivity index (χ1v) is 3.95. The third-order valence-corrected chi connectivity index (χ3v) is 1.82. The molecule has 0 aromatic carbocycles. The second kappa shape index (κ2) is 3.96. The number of nitrogens with one attached hydrogen (secondary N) is 1. The molecule has 1 amide bonds. The summed E-state index contributed by atoms with van der Waals surface area (Å²) in [7, 11) is 0. The zero-order valence-corrected chi connectivity index (χ0v) is 6.60. The van der Waals surface area contributed by atoms with Crippen molar-refractivity contribution in [2.45, 2.75) is 25.7 Å². The van der Waals surface area contributed by atoms with Crippen molar-refractivity contribution in [3.05, 3.63) is 24.4 Å². The summed E-state index contributed by atoms with van der Waals surface area (Å²) in [5.74, 6) is 0.0136. The average molecular weight is 151 g/mol. The Morgan fingerprint density at radius 2 is 2.45 bits per heavy atom. The van der Waals surface area contributed by atoms with E-state index in [2.05, 4.69) is 11.9 Å². The van der Waals surface area contributed by atoms with E-state index in [-0.39, 0.29) is 5.91 Å². The number of rotatable bonds is 2. The zero-order chi connectivity index (χ0) is 8.10. The van der Waals surface area contributed by atoms with Gasteiger partial charge in [0.15, 0.2) is 0 Å². The molecule has 0 unspecified atom stereocenters. The molecular weight excluding hydrogens is 138 g/mol. The third-order valence-electron chi connectivity index (χ3n) is 1.82. The van der Waals surface area contributed by atoms with E-state index in [9.17, 15) is 4.79 Å². The molecule has 0 bridgehead atoms. The van der Waals surface area contributed by atoms with Crippen molar-refractivity contribution in [3.63, 3.8) is 0 Å². The number of carbonyl (C=O) groups is 1. The highest BCUT2D eigenvalue weighted by molar-refractivity contribution is 5.94. The minimum absolute atomic E-state index is 0.0136. The molecule has 0 radical (unpaired) electrons. The van der Waals surface area contributed by atoms with E-state index in [0.717, 1.165) is 24.8 Å². The largest absolute Gasteiger partial charge is 0.329 e. The van der Waals surface area contributed by atoms with Crippen LogP contribution < -0.4 is 5.32 Å². The van der Waals surface area contributed by atoms with Gasteiger partial charge in [0.25, 0.3) is 5.91 Å². The molecule has 1 aliphatic rings. The summed E-state index contributed by atoms with van der Waals surface area (Å²) in [5, 5.41) is 2.57. The Balaban J connectivity index is 2.50. The molecule has 0 atom stereocenters. The quantitative estimate of drug-likeness (QED) is 0.640. The fourth-order valence-electron chi connectivity index (χ4n) is 1.23. The molecule has 0 fully saturated rings. The summed E-state index contributed by atoms with van der Waals surface area (Å²) in [6.07, 6.45) is 7.75. The maximum Gasteiger partial charge on any atom is 0.250 e. The first kappa shape index (κ1) is 8.05. The van der Waals surface area contributed by atoms with Crippen LogP contribution in [-0.2, 0) is 4.79 Å². The normalized spacial score (nSPS) is 16.9. The zero-order valence-electron chi connectivity index (χ0n) is 6.60. The monoisotopic (exact) mass is 151 g/mol. The van der Waals surface area contributed by atoms with E-state index in [1.54, 1.807) is 0 Å². The molecule has 1 rings (SSSR count). The van der Waals surface area contributed by atoms with Crippen LogP contribution in [-0.4, -0.2) is 5.91 Å². The summed E-state index contributed by atoms with van der Waals surface area (Å²) < 4.78 is 0. The topological polar surface area (TPSA) is 29.1 Å². The van der Waals surface area contributed by atoms with Crippen molar-refractivity contribution in [3.8, 4) is 0 Å². The molecule has 11 heavy (non-hydrogen) atoms. The van der Waals surface area contributed by atoms with Crippen molar-refractivity contribution in [1.82, 2.24) is 5.32 Å². The number of hydrogen-bond acceptors (Lipinski definition) is 1. The van der Waals surface area contributed by atoms with Gasteiger partial charge in [-0.25, -0.2) is 0 Å². The number of amides is 1. The van der Waals surface area contributed by atoms with Crippen molar-refractivity contribution in [2.75, 3.05) is 0 Å². The standard InChI is InChI=1S/C9H13NO/c1-2-10-9(11)8-6-4-3-5-7-8/h2,6H,1,3-5,7H2,(H,10,11). The van der Waals surface area contributed by atoms with E-state index >= 15 is 0 Å². The predicted molar refractivity (Wildman–Crippen MR) is 44.9 cm³/mol. The van der Waals surface area contributed by atoms with Gasteiger partial charge in [0.05, 0.1) is 0 Å². The fourth-order valence-corrected chi connectivity index (χ4v) is 1.23. The Hall–Kier alpha value is -1.05. The molecule has 0 saturated carbocycles.